The first-order chi connectivity index (χ1) is 11.7. The van der Waals surface area contributed by atoms with E-state index in [0.717, 1.165) is 28.2 Å². The fraction of sp³-hybridized carbons (Fsp3) is 0.150. The predicted molar refractivity (Wildman–Crippen MR) is 99.7 cm³/mol. The number of hydrogen-bond donors (Lipinski definition) is 0. The molecule has 0 spiro atoms. The Kier molecular flexibility index (Phi) is 3.82. The van der Waals surface area contributed by atoms with Crippen molar-refractivity contribution < 1.29 is 4.74 Å². The summed E-state index contributed by atoms with van der Waals surface area (Å²) in [5.41, 5.74) is 5.60. The molecule has 24 heavy (non-hydrogen) atoms. The van der Waals surface area contributed by atoms with Crippen molar-refractivity contribution in [2.24, 2.45) is 0 Å². The molecular weight excluding hydrogens is 316 g/mol. The molecule has 3 nitrogen and oxygen atoms in total. The molecule has 4 heteroatoms. The summed E-state index contributed by atoms with van der Waals surface area (Å²) in [5, 5.41) is 4.23. The summed E-state index contributed by atoms with van der Waals surface area (Å²) in [5.74, 6) is 0.899. The van der Waals surface area contributed by atoms with E-state index in [1.807, 2.05) is 32.2 Å². The normalized spacial score (nSPS) is 11.3. The van der Waals surface area contributed by atoms with Crippen LogP contribution in [-0.2, 0) is 0 Å². The highest BCUT2D eigenvalue weighted by Gasteiger charge is 2.08. The predicted octanol–water partition coefficient (Wildman–Crippen LogP) is 5.52. The number of thiophene rings is 1. The van der Waals surface area contributed by atoms with Crippen LogP contribution in [0.1, 0.15) is 13.8 Å². The van der Waals surface area contributed by atoms with Gasteiger partial charge in [-0.2, -0.15) is 11.3 Å². The highest BCUT2D eigenvalue weighted by molar-refractivity contribution is 7.08. The first kappa shape index (κ1) is 15.0. The van der Waals surface area contributed by atoms with Gasteiger partial charge in [0.2, 0.25) is 0 Å². The van der Waals surface area contributed by atoms with Gasteiger partial charge >= 0.3 is 0 Å². The lowest BCUT2D eigenvalue weighted by Gasteiger charge is -2.10. The number of hydrogen-bond acceptors (Lipinski definition) is 3. The van der Waals surface area contributed by atoms with Crippen LogP contribution in [0.25, 0.3) is 28.0 Å². The number of aromatic nitrogens is 2. The van der Waals surface area contributed by atoms with E-state index in [9.17, 15) is 0 Å². The van der Waals surface area contributed by atoms with Gasteiger partial charge in [0, 0.05) is 17.1 Å². The van der Waals surface area contributed by atoms with Crippen molar-refractivity contribution in [3.8, 4) is 28.1 Å². The average molecular weight is 334 g/mol. The zero-order chi connectivity index (χ0) is 16.5. The maximum Gasteiger partial charge on any atom is 0.137 e. The maximum absolute atomic E-state index is 5.70. The van der Waals surface area contributed by atoms with Gasteiger partial charge in [-0.3, -0.25) is 4.40 Å². The Bertz CT molecular complexity index is 953. The molecule has 0 atom stereocenters. The molecule has 0 N–H and O–H groups in total. The van der Waals surface area contributed by atoms with Crippen LogP contribution in [0.5, 0.6) is 5.75 Å². The van der Waals surface area contributed by atoms with Crippen molar-refractivity contribution in [1.29, 1.82) is 0 Å². The molecule has 0 aliphatic carbocycles. The molecule has 0 amide bonds. The van der Waals surface area contributed by atoms with E-state index in [4.69, 9.17) is 4.74 Å². The van der Waals surface area contributed by atoms with Crippen LogP contribution in [-0.4, -0.2) is 15.5 Å². The third-order valence-electron chi connectivity index (χ3n) is 3.89. The highest BCUT2D eigenvalue weighted by atomic mass is 32.1. The van der Waals surface area contributed by atoms with Crippen LogP contribution >= 0.6 is 11.3 Å². The first-order valence-corrected chi connectivity index (χ1v) is 8.92. The highest BCUT2D eigenvalue weighted by Crippen LogP contribution is 2.27. The number of rotatable bonds is 4. The van der Waals surface area contributed by atoms with Gasteiger partial charge in [-0.25, -0.2) is 4.98 Å². The number of fused-ring (bicyclic) bond motifs is 1. The van der Waals surface area contributed by atoms with Gasteiger partial charge in [-0.15, -0.1) is 0 Å². The molecule has 0 fully saturated rings. The van der Waals surface area contributed by atoms with Gasteiger partial charge in [0.05, 0.1) is 18.0 Å². The molecule has 0 aliphatic heterocycles. The molecule has 0 radical (unpaired) electrons. The Balaban J connectivity index is 1.68. The van der Waals surface area contributed by atoms with Crippen molar-refractivity contribution in [3.05, 3.63) is 65.6 Å². The summed E-state index contributed by atoms with van der Waals surface area (Å²) in [6.45, 7) is 4.07. The Morgan fingerprint density at radius 3 is 2.54 bits per heavy atom. The largest absolute Gasteiger partial charge is 0.491 e. The average Bonchev–Trinajstić information content (AvgIpc) is 3.23. The minimum Gasteiger partial charge on any atom is -0.491 e. The second kappa shape index (κ2) is 6.13. The summed E-state index contributed by atoms with van der Waals surface area (Å²) in [7, 11) is 0. The molecular formula is C20H18N2OS. The van der Waals surface area contributed by atoms with E-state index in [-0.39, 0.29) is 6.10 Å². The van der Waals surface area contributed by atoms with Gasteiger partial charge in [0.1, 0.15) is 11.4 Å². The standard InChI is InChI=1S/C20H18N2OS/c1-14(2)23-18-5-3-15(4-6-18)16-7-9-22-19(12-21-20(22)11-16)17-8-10-24-13-17/h3-14H,1-2H3. The smallest absolute Gasteiger partial charge is 0.137 e. The maximum atomic E-state index is 5.70. The van der Waals surface area contributed by atoms with E-state index in [1.165, 1.54) is 5.56 Å². The molecule has 4 rings (SSSR count). The minimum absolute atomic E-state index is 0.188. The van der Waals surface area contributed by atoms with E-state index in [0.29, 0.717) is 0 Å². The van der Waals surface area contributed by atoms with Crippen LogP contribution < -0.4 is 4.74 Å². The van der Waals surface area contributed by atoms with E-state index >= 15 is 0 Å². The quantitative estimate of drug-likeness (QED) is 0.491. The summed E-state index contributed by atoms with van der Waals surface area (Å²) in [6.07, 6.45) is 4.21. The first-order valence-electron chi connectivity index (χ1n) is 7.97. The van der Waals surface area contributed by atoms with Gasteiger partial charge < -0.3 is 4.74 Å². The molecule has 3 heterocycles. The number of nitrogens with zero attached hydrogens (tertiary/aromatic N) is 2. The van der Waals surface area contributed by atoms with Crippen molar-refractivity contribution in [2.75, 3.05) is 0 Å². The van der Waals surface area contributed by atoms with E-state index in [2.05, 4.69) is 56.7 Å². The number of imidazole rings is 1. The van der Waals surface area contributed by atoms with Crippen LogP contribution in [0.2, 0.25) is 0 Å². The van der Waals surface area contributed by atoms with Gasteiger partial charge in [0.25, 0.3) is 0 Å². The molecule has 0 saturated carbocycles. The monoisotopic (exact) mass is 334 g/mol. The second-order valence-corrected chi connectivity index (χ2v) is 6.77. The Morgan fingerprint density at radius 2 is 1.83 bits per heavy atom. The number of pyridine rings is 1. The zero-order valence-corrected chi connectivity index (χ0v) is 14.5. The zero-order valence-electron chi connectivity index (χ0n) is 13.6. The molecule has 0 bridgehead atoms. The molecule has 3 aromatic heterocycles. The minimum atomic E-state index is 0.188. The fourth-order valence-electron chi connectivity index (χ4n) is 2.78. The number of benzene rings is 1. The lowest BCUT2D eigenvalue weighted by Crippen LogP contribution is -2.05. The van der Waals surface area contributed by atoms with Crippen LogP contribution in [0, 0.1) is 0 Å². The molecule has 0 aliphatic rings. The fourth-order valence-corrected chi connectivity index (χ4v) is 3.43. The second-order valence-electron chi connectivity index (χ2n) is 5.99. The number of ether oxygens (including phenoxy) is 1. The summed E-state index contributed by atoms with van der Waals surface area (Å²) in [4.78, 5) is 4.56. The Hall–Kier alpha value is -2.59. The molecule has 0 saturated heterocycles. The summed E-state index contributed by atoms with van der Waals surface area (Å²) in [6, 6.07) is 14.6. The third kappa shape index (κ3) is 2.81. The Morgan fingerprint density at radius 1 is 1.00 bits per heavy atom. The molecule has 1 aromatic carbocycles. The topological polar surface area (TPSA) is 26.5 Å². The van der Waals surface area contributed by atoms with Crippen molar-refractivity contribution in [3.63, 3.8) is 0 Å². The lowest BCUT2D eigenvalue weighted by atomic mass is 10.1. The lowest BCUT2D eigenvalue weighted by molar-refractivity contribution is 0.242. The third-order valence-corrected chi connectivity index (χ3v) is 4.57. The van der Waals surface area contributed by atoms with E-state index < -0.39 is 0 Å². The Labute approximate surface area is 145 Å². The molecule has 4 aromatic rings. The van der Waals surface area contributed by atoms with Gasteiger partial charge in [0.15, 0.2) is 0 Å². The van der Waals surface area contributed by atoms with E-state index in [1.54, 1.807) is 11.3 Å². The van der Waals surface area contributed by atoms with Crippen molar-refractivity contribution >= 4 is 17.0 Å². The van der Waals surface area contributed by atoms with Crippen molar-refractivity contribution in [1.82, 2.24) is 9.38 Å². The summed E-state index contributed by atoms with van der Waals surface area (Å²) < 4.78 is 7.83. The van der Waals surface area contributed by atoms with Crippen molar-refractivity contribution in [2.45, 2.75) is 20.0 Å². The summed E-state index contributed by atoms with van der Waals surface area (Å²) >= 11 is 1.70. The van der Waals surface area contributed by atoms with Crippen LogP contribution in [0.3, 0.4) is 0 Å². The van der Waals surface area contributed by atoms with Gasteiger partial charge in [-0.05, 0) is 60.7 Å². The molecule has 0 unspecified atom stereocenters. The van der Waals surface area contributed by atoms with Gasteiger partial charge in [-0.1, -0.05) is 12.1 Å². The molecule has 120 valence electrons. The van der Waals surface area contributed by atoms with Crippen LogP contribution in [0.15, 0.2) is 65.6 Å². The van der Waals surface area contributed by atoms with Crippen LogP contribution in [0.4, 0.5) is 0 Å². The SMILES string of the molecule is CC(C)Oc1ccc(-c2ccn3c(-c4ccsc4)cnc3c2)cc1.